The van der Waals surface area contributed by atoms with Crippen molar-refractivity contribution in [2.24, 2.45) is 0 Å². The molecule has 0 unspecified atom stereocenters. The maximum Gasteiger partial charge on any atom is 0.408 e. The number of carbonyl (C=O) groups excluding carboxylic acids is 1. The molecule has 0 radical (unpaired) electrons. The average molecular weight is 554 g/mol. The van der Waals surface area contributed by atoms with Crippen molar-refractivity contribution in [3.63, 3.8) is 0 Å². The van der Waals surface area contributed by atoms with Gasteiger partial charge in [0.2, 0.25) is 0 Å². The third-order valence-corrected chi connectivity index (χ3v) is 6.39. The van der Waals surface area contributed by atoms with Crippen molar-refractivity contribution in [1.29, 1.82) is 0 Å². The van der Waals surface area contributed by atoms with Gasteiger partial charge < -0.3 is 29.7 Å². The predicted molar refractivity (Wildman–Crippen MR) is 156 cm³/mol. The van der Waals surface area contributed by atoms with E-state index in [0.29, 0.717) is 12.2 Å². The highest BCUT2D eigenvalue weighted by molar-refractivity contribution is 7.79. The van der Waals surface area contributed by atoms with E-state index in [1.165, 1.54) is 57.8 Å². The number of para-hydroxylation sites is 1. The van der Waals surface area contributed by atoms with Crippen LogP contribution >= 0.6 is 12.2 Å². The Morgan fingerprint density at radius 1 is 0.895 bits per heavy atom. The summed E-state index contributed by atoms with van der Waals surface area (Å²) in [5, 5.41) is 23.9. The molecule has 0 aromatic heterocycles. The predicted octanol–water partition coefficient (Wildman–Crippen LogP) is 7.07. The lowest BCUT2D eigenvalue weighted by Crippen LogP contribution is -2.52. The van der Waals surface area contributed by atoms with Crippen LogP contribution in [0.25, 0.3) is 0 Å². The van der Waals surface area contributed by atoms with Crippen LogP contribution in [-0.2, 0) is 9.47 Å². The van der Waals surface area contributed by atoms with E-state index in [1.807, 2.05) is 6.07 Å². The van der Waals surface area contributed by atoms with Gasteiger partial charge in [-0.2, -0.15) is 0 Å². The third-order valence-electron chi connectivity index (χ3n) is 6.19. The molecule has 1 rings (SSSR count). The zero-order chi connectivity index (χ0) is 28.2. The van der Waals surface area contributed by atoms with Gasteiger partial charge in [0.15, 0.2) is 0 Å². The molecule has 0 bridgehead atoms. The number of ether oxygens (including phenoxy) is 3. The Morgan fingerprint density at radius 3 is 1.95 bits per heavy atom. The number of hydrogen-bond acceptors (Lipinski definition) is 7. The van der Waals surface area contributed by atoms with Gasteiger partial charge in [0, 0.05) is 12.2 Å². The molecule has 0 spiro atoms. The van der Waals surface area contributed by atoms with Gasteiger partial charge in [-0.15, -0.1) is 0 Å². The molecule has 0 aliphatic rings. The molecule has 38 heavy (non-hydrogen) atoms. The number of thiocarbonyl (C=S) groups is 1. The van der Waals surface area contributed by atoms with Crippen molar-refractivity contribution in [3.05, 3.63) is 30.3 Å². The molecular weight excluding hydrogens is 502 g/mol. The molecule has 0 fully saturated rings. The molecule has 1 aromatic carbocycles. The summed E-state index contributed by atoms with van der Waals surface area (Å²) in [6.07, 6.45) is 12.1. The molecule has 218 valence electrons. The number of benzene rings is 1. The highest BCUT2D eigenvalue weighted by Gasteiger charge is 2.30. The standard InChI is InChI=1S/C30H51NO6S/c1-5-6-7-8-9-10-11-12-13-14-15-19-22-26(32)27(33)25(31-28(34)37-30(2,3)4)23-35-29(38)36-24-20-17-16-18-21-24/h16-18,20-21,25-27,32-33H,5-15,19,22-23H2,1-4H3,(H,31,34)/t25-,26+,27-/m0/s1. The first kappa shape index (κ1) is 34.1. The van der Waals surface area contributed by atoms with Gasteiger partial charge in [-0.05, 0) is 39.3 Å². The van der Waals surface area contributed by atoms with Crippen LogP contribution in [0.4, 0.5) is 4.79 Å². The summed E-state index contributed by atoms with van der Waals surface area (Å²) >= 11 is 5.14. The Bertz CT molecular complexity index is 755. The minimum absolute atomic E-state index is 0.144. The highest BCUT2D eigenvalue weighted by atomic mass is 32.1. The molecular formula is C30H51NO6S. The molecule has 0 aliphatic heterocycles. The van der Waals surface area contributed by atoms with E-state index in [4.69, 9.17) is 26.4 Å². The summed E-state index contributed by atoms with van der Waals surface area (Å²) in [5.74, 6) is 0.515. The molecule has 7 nitrogen and oxygen atoms in total. The summed E-state index contributed by atoms with van der Waals surface area (Å²) in [6.45, 7) is 7.31. The third kappa shape index (κ3) is 17.6. The number of carbonyl (C=O) groups is 1. The Balaban J connectivity index is 2.41. The molecule has 3 N–H and O–H groups in total. The quantitative estimate of drug-likeness (QED) is 0.124. The first-order chi connectivity index (χ1) is 18.1. The van der Waals surface area contributed by atoms with Crippen LogP contribution in [0.15, 0.2) is 30.3 Å². The number of unbranched alkanes of at least 4 members (excludes halogenated alkanes) is 11. The lowest BCUT2D eigenvalue weighted by molar-refractivity contribution is -0.0246. The topological polar surface area (TPSA) is 97.3 Å². The lowest BCUT2D eigenvalue weighted by Gasteiger charge is -2.29. The number of aliphatic hydroxyl groups is 2. The Kier molecular flexibility index (Phi) is 18.0. The average Bonchev–Trinajstić information content (AvgIpc) is 2.86. The van der Waals surface area contributed by atoms with Crippen molar-refractivity contribution in [1.82, 2.24) is 5.32 Å². The molecule has 0 saturated carbocycles. The highest BCUT2D eigenvalue weighted by Crippen LogP contribution is 2.16. The van der Waals surface area contributed by atoms with Gasteiger partial charge in [0.1, 0.15) is 24.1 Å². The van der Waals surface area contributed by atoms with Crippen LogP contribution < -0.4 is 10.1 Å². The van der Waals surface area contributed by atoms with Crippen LogP contribution in [0.1, 0.15) is 111 Å². The summed E-state index contributed by atoms with van der Waals surface area (Å²) in [4.78, 5) is 12.4. The normalized spacial score (nSPS) is 13.8. The minimum atomic E-state index is -1.25. The van der Waals surface area contributed by atoms with Gasteiger partial charge in [0.25, 0.3) is 0 Å². The van der Waals surface area contributed by atoms with Gasteiger partial charge in [-0.25, -0.2) is 4.79 Å². The maximum atomic E-state index is 12.4. The lowest BCUT2D eigenvalue weighted by atomic mass is 9.99. The van der Waals surface area contributed by atoms with E-state index < -0.39 is 29.9 Å². The van der Waals surface area contributed by atoms with Crippen LogP contribution in [0.3, 0.4) is 0 Å². The fraction of sp³-hybridized carbons (Fsp3) is 0.733. The van der Waals surface area contributed by atoms with Gasteiger partial charge >= 0.3 is 11.3 Å². The maximum absolute atomic E-state index is 12.4. The van der Waals surface area contributed by atoms with Crippen molar-refractivity contribution < 1.29 is 29.2 Å². The van der Waals surface area contributed by atoms with Crippen molar-refractivity contribution in [2.45, 2.75) is 135 Å². The summed E-state index contributed by atoms with van der Waals surface area (Å²) in [5.41, 5.74) is -0.708. The smallest absolute Gasteiger partial charge is 0.408 e. The SMILES string of the molecule is CCCCCCCCCCCCCC[C@@H](O)[C@@H](O)[C@H](COC(=S)Oc1ccccc1)NC(=O)OC(C)(C)C. The largest absolute Gasteiger partial charge is 0.454 e. The number of hydrogen-bond donors (Lipinski definition) is 3. The summed E-state index contributed by atoms with van der Waals surface area (Å²) < 4.78 is 16.3. The van der Waals surface area contributed by atoms with Gasteiger partial charge in [-0.3, -0.25) is 0 Å². The van der Waals surface area contributed by atoms with E-state index in [-0.39, 0.29) is 11.8 Å². The van der Waals surface area contributed by atoms with Crippen molar-refractivity contribution in [2.75, 3.05) is 6.61 Å². The Labute approximate surface area is 235 Å². The van der Waals surface area contributed by atoms with E-state index in [2.05, 4.69) is 12.2 Å². The Hall–Kier alpha value is -1.90. The van der Waals surface area contributed by atoms with Crippen LogP contribution in [0.5, 0.6) is 5.75 Å². The number of alkyl carbamates (subject to hydrolysis) is 1. The Morgan fingerprint density at radius 2 is 1.42 bits per heavy atom. The first-order valence-electron chi connectivity index (χ1n) is 14.4. The van der Waals surface area contributed by atoms with E-state index in [1.54, 1.807) is 45.0 Å². The zero-order valence-electron chi connectivity index (χ0n) is 24.0. The molecule has 3 atom stereocenters. The van der Waals surface area contributed by atoms with Gasteiger partial charge in [-0.1, -0.05) is 102 Å². The second kappa shape index (κ2) is 20.1. The van der Waals surface area contributed by atoms with Crippen molar-refractivity contribution >= 4 is 23.5 Å². The number of nitrogens with one attached hydrogen (secondary N) is 1. The molecule has 1 amide bonds. The number of rotatable bonds is 19. The second-order valence-electron chi connectivity index (χ2n) is 11.0. The molecule has 0 saturated heterocycles. The van der Waals surface area contributed by atoms with E-state index in [0.717, 1.165) is 19.3 Å². The van der Waals surface area contributed by atoms with Crippen molar-refractivity contribution in [3.8, 4) is 5.75 Å². The molecule has 8 heteroatoms. The van der Waals surface area contributed by atoms with Crippen LogP contribution in [0, 0.1) is 0 Å². The van der Waals surface area contributed by atoms with Gasteiger partial charge in [0.05, 0.1) is 12.1 Å². The minimum Gasteiger partial charge on any atom is -0.454 e. The fourth-order valence-corrected chi connectivity index (χ4v) is 4.25. The van der Waals surface area contributed by atoms with E-state index in [9.17, 15) is 15.0 Å². The number of aliphatic hydroxyl groups excluding tert-OH is 2. The fourth-order valence-electron chi connectivity index (χ4n) is 4.09. The summed E-state index contributed by atoms with van der Waals surface area (Å²) in [7, 11) is 0. The summed E-state index contributed by atoms with van der Waals surface area (Å²) in [6, 6.07) is 8.00. The van der Waals surface area contributed by atoms with Crippen LogP contribution in [-0.4, -0.2) is 52.0 Å². The first-order valence-corrected chi connectivity index (χ1v) is 14.8. The van der Waals surface area contributed by atoms with E-state index >= 15 is 0 Å². The number of amides is 1. The second-order valence-corrected chi connectivity index (χ2v) is 11.3. The molecule has 0 heterocycles. The van der Waals surface area contributed by atoms with Crippen LogP contribution in [0.2, 0.25) is 0 Å². The molecule has 0 aliphatic carbocycles. The monoisotopic (exact) mass is 553 g/mol. The zero-order valence-corrected chi connectivity index (χ0v) is 24.8. The molecule has 1 aromatic rings.